The van der Waals surface area contributed by atoms with Crippen molar-refractivity contribution in [3.8, 4) is 22.9 Å². The van der Waals surface area contributed by atoms with Crippen LogP contribution in [0.3, 0.4) is 0 Å². The highest BCUT2D eigenvalue weighted by atomic mass is 19.4. The Morgan fingerprint density at radius 3 is 2.36 bits per heavy atom. The third-order valence-corrected chi connectivity index (χ3v) is 7.07. The summed E-state index contributed by atoms with van der Waals surface area (Å²) in [4.78, 5) is 18.6. The third kappa shape index (κ3) is 5.04. The number of benzene rings is 2. The van der Waals surface area contributed by atoms with Crippen molar-refractivity contribution >= 4 is 22.7 Å². The maximum Gasteiger partial charge on any atom is 0.416 e. The number of hydrogen-bond donors (Lipinski definition) is 1. The highest BCUT2D eigenvalue weighted by Gasteiger charge is 2.31. The Morgan fingerprint density at radius 1 is 1.08 bits per heavy atom. The minimum atomic E-state index is -4.55. The number of rotatable bonds is 5. The van der Waals surface area contributed by atoms with Crippen molar-refractivity contribution in [3.05, 3.63) is 71.5 Å². The molecule has 3 heterocycles. The molecule has 1 aliphatic heterocycles. The molecule has 5 rings (SSSR count). The molecule has 2 aromatic carbocycles. The molecule has 0 radical (unpaired) electrons. The second kappa shape index (κ2) is 10.1. The van der Waals surface area contributed by atoms with Crippen LogP contribution in [0.4, 0.5) is 18.9 Å². The molecule has 1 aliphatic rings. The quantitative estimate of drug-likeness (QED) is 0.308. The van der Waals surface area contributed by atoms with Gasteiger partial charge in [0.05, 0.1) is 28.4 Å². The monoisotopic (exact) mass is 533 g/mol. The maximum atomic E-state index is 13.5. The number of alkyl halides is 3. The number of nitriles is 1. The van der Waals surface area contributed by atoms with E-state index < -0.39 is 17.7 Å². The Balaban J connectivity index is 1.66. The van der Waals surface area contributed by atoms with Crippen molar-refractivity contribution in [2.24, 2.45) is 5.92 Å². The van der Waals surface area contributed by atoms with E-state index >= 15 is 0 Å². The van der Waals surface area contributed by atoms with E-state index in [4.69, 9.17) is 0 Å². The minimum Gasteiger partial charge on any atom is -0.477 e. The zero-order valence-electron chi connectivity index (χ0n) is 21.4. The van der Waals surface area contributed by atoms with Gasteiger partial charge in [0, 0.05) is 24.7 Å². The Kier molecular flexibility index (Phi) is 6.76. The van der Waals surface area contributed by atoms with Gasteiger partial charge in [0.25, 0.3) is 0 Å². The molecular formula is C29H26F3N5O2. The molecule has 1 N–H and O–H groups in total. The van der Waals surface area contributed by atoms with Crippen LogP contribution in [0.2, 0.25) is 0 Å². The number of carboxylic acid groups (broad SMARTS) is 1. The van der Waals surface area contributed by atoms with Crippen molar-refractivity contribution in [1.82, 2.24) is 14.8 Å². The molecule has 0 bridgehead atoms. The number of aromatic nitrogens is 3. The molecule has 0 spiro atoms. The maximum absolute atomic E-state index is 13.5. The number of carboxylic acids is 1. The first kappa shape index (κ1) is 26.2. The number of nitrogens with zero attached hydrogens (tertiary/aromatic N) is 5. The van der Waals surface area contributed by atoms with Gasteiger partial charge in [0.1, 0.15) is 0 Å². The lowest BCUT2D eigenvalue weighted by atomic mass is 9.96. The minimum absolute atomic E-state index is 0.0721. The van der Waals surface area contributed by atoms with Gasteiger partial charge in [-0.3, -0.25) is 0 Å². The summed E-state index contributed by atoms with van der Waals surface area (Å²) in [5.41, 5.74) is 2.18. The van der Waals surface area contributed by atoms with Gasteiger partial charge in [-0.25, -0.2) is 14.5 Å². The SMILES string of the molecule is CC(C)c1nn(-c2cccc(C(F)(F)F)c2)c2nc(C(=O)O)cc(-c3ccc(N4CCC(C#N)CC4)cc3)c12. The number of aromatic carboxylic acids is 1. The molecule has 0 aliphatic carbocycles. The molecule has 4 aromatic rings. The highest BCUT2D eigenvalue weighted by molar-refractivity contribution is 6.00. The molecule has 0 saturated carbocycles. The predicted molar refractivity (Wildman–Crippen MR) is 141 cm³/mol. The van der Waals surface area contributed by atoms with Gasteiger partial charge in [-0.1, -0.05) is 32.0 Å². The normalized spacial score (nSPS) is 14.6. The molecule has 7 nitrogen and oxygen atoms in total. The average Bonchev–Trinajstić information content (AvgIpc) is 3.32. The van der Waals surface area contributed by atoms with Gasteiger partial charge in [0.15, 0.2) is 11.3 Å². The summed E-state index contributed by atoms with van der Waals surface area (Å²) >= 11 is 0. The molecular weight excluding hydrogens is 507 g/mol. The zero-order valence-corrected chi connectivity index (χ0v) is 21.4. The first-order valence-corrected chi connectivity index (χ1v) is 12.7. The second-order valence-corrected chi connectivity index (χ2v) is 10.00. The van der Waals surface area contributed by atoms with Crippen LogP contribution in [-0.2, 0) is 6.18 Å². The summed E-state index contributed by atoms with van der Waals surface area (Å²) in [7, 11) is 0. The van der Waals surface area contributed by atoms with E-state index in [9.17, 15) is 28.3 Å². The van der Waals surface area contributed by atoms with E-state index in [1.165, 1.54) is 22.9 Å². The predicted octanol–water partition coefficient (Wildman–Crippen LogP) is 6.67. The molecule has 10 heteroatoms. The summed E-state index contributed by atoms with van der Waals surface area (Å²) in [5.74, 6) is -1.29. The van der Waals surface area contributed by atoms with Crippen LogP contribution < -0.4 is 4.90 Å². The smallest absolute Gasteiger partial charge is 0.416 e. The number of halogens is 3. The first-order valence-electron chi connectivity index (χ1n) is 12.7. The second-order valence-electron chi connectivity index (χ2n) is 10.00. The van der Waals surface area contributed by atoms with Gasteiger partial charge in [0.2, 0.25) is 0 Å². The van der Waals surface area contributed by atoms with Gasteiger partial charge in [-0.2, -0.15) is 23.5 Å². The Morgan fingerprint density at radius 2 is 1.77 bits per heavy atom. The number of anilines is 1. The molecule has 200 valence electrons. The zero-order chi connectivity index (χ0) is 27.9. The molecule has 0 atom stereocenters. The fourth-order valence-electron chi connectivity index (χ4n) is 5.00. The van der Waals surface area contributed by atoms with Crippen molar-refractivity contribution < 1.29 is 23.1 Å². The highest BCUT2D eigenvalue weighted by Crippen LogP contribution is 2.37. The summed E-state index contributed by atoms with van der Waals surface area (Å²) in [6.45, 7) is 5.39. The van der Waals surface area contributed by atoms with Crippen LogP contribution in [0.25, 0.3) is 27.8 Å². The van der Waals surface area contributed by atoms with Crippen molar-refractivity contribution in [1.29, 1.82) is 5.26 Å². The van der Waals surface area contributed by atoms with Gasteiger partial charge in [-0.05, 0) is 66.3 Å². The fraction of sp³-hybridized carbons (Fsp3) is 0.310. The lowest BCUT2D eigenvalue weighted by molar-refractivity contribution is -0.137. The third-order valence-electron chi connectivity index (χ3n) is 7.07. The van der Waals surface area contributed by atoms with Gasteiger partial charge in [-0.15, -0.1) is 0 Å². The first-order chi connectivity index (χ1) is 18.6. The van der Waals surface area contributed by atoms with Crippen LogP contribution >= 0.6 is 0 Å². The molecule has 39 heavy (non-hydrogen) atoms. The molecule has 0 amide bonds. The largest absolute Gasteiger partial charge is 0.477 e. The fourth-order valence-corrected chi connectivity index (χ4v) is 5.00. The number of carbonyl (C=O) groups is 1. The summed E-state index contributed by atoms with van der Waals surface area (Å²) < 4.78 is 41.6. The van der Waals surface area contributed by atoms with Crippen LogP contribution in [0.15, 0.2) is 54.6 Å². The Bertz CT molecular complexity index is 1580. The Hall–Kier alpha value is -4.39. The number of pyridine rings is 1. The Labute approximate surface area is 223 Å². The number of hydrogen-bond acceptors (Lipinski definition) is 5. The van der Waals surface area contributed by atoms with Crippen molar-refractivity contribution in [3.63, 3.8) is 0 Å². The number of piperidine rings is 1. The molecule has 2 aromatic heterocycles. The van der Waals surface area contributed by atoms with E-state index in [1.807, 2.05) is 38.1 Å². The van der Waals surface area contributed by atoms with Crippen molar-refractivity contribution in [2.75, 3.05) is 18.0 Å². The van der Waals surface area contributed by atoms with Crippen molar-refractivity contribution in [2.45, 2.75) is 38.8 Å². The van der Waals surface area contributed by atoms with Crippen LogP contribution in [0, 0.1) is 17.2 Å². The van der Waals surface area contributed by atoms with E-state index in [1.54, 1.807) is 0 Å². The summed E-state index contributed by atoms with van der Waals surface area (Å²) in [6.07, 6.45) is -2.94. The van der Waals surface area contributed by atoms with Gasteiger partial charge < -0.3 is 10.0 Å². The molecule has 1 saturated heterocycles. The lowest BCUT2D eigenvalue weighted by Crippen LogP contribution is -2.33. The molecule has 1 fully saturated rings. The van der Waals surface area contributed by atoms with E-state index in [0.29, 0.717) is 16.6 Å². The lowest BCUT2D eigenvalue weighted by Gasteiger charge is -2.31. The van der Waals surface area contributed by atoms with E-state index in [2.05, 4.69) is 21.1 Å². The summed E-state index contributed by atoms with van der Waals surface area (Å²) in [6, 6.07) is 16.3. The average molecular weight is 534 g/mol. The van der Waals surface area contributed by atoms with Crippen LogP contribution in [0.5, 0.6) is 0 Å². The van der Waals surface area contributed by atoms with Gasteiger partial charge >= 0.3 is 12.1 Å². The standard InChI is InChI=1S/C29H26F3N5O2/c1-17(2)26-25-23(19-6-8-21(9-7-19)36-12-10-18(16-33)11-13-36)15-24(28(38)39)34-27(25)37(35-26)22-5-3-4-20(14-22)29(30,31)32/h3-9,14-15,17-18H,10-13H2,1-2H3,(H,38,39). The summed E-state index contributed by atoms with van der Waals surface area (Å²) in [5, 5.41) is 24.2. The van der Waals surface area contributed by atoms with E-state index in [-0.39, 0.29) is 28.9 Å². The molecule has 0 unspecified atom stereocenters. The van der Waals surface area contributed by atoms with Crippen LogP contribution in [-0.4, -0.2) is 38.9 Å². The van der Waals surface area contributed by atoms with Crippen LogP contribution in [0.1, 0.15) is 54.4 Å². The van der Waals surface area contributed by atoms with E-state index in [0.717, 1.165) is 49.3 Å². The topological polar surface area (TPSA) is 95.0 Å². The number of fused-ring (bicyclic) bond motifs is 1.